The fourth-order valence-corrected chi connectivity index (χ4v) is 2.77. The van der Waals surface area contributed by atoms with Crippen LogP contribution in [0.5, 0.6) is 0 Å². The van der Waals surface area contributed by atoms with Crippen molar-refractivity contribution in [3.05, 3.63) is 35.4 Å². The molecule has 2 rings (SSSR count). The second kappa shape index (κ2) is 7.05. The highest BCUT2D eigenvalue weighted by atomic mass is 16.5. The van der Waals surface area contributed by atoms with E-state index in [0.29, 0.717) is 11.7 Å². The fraction of sp³-hybridized carbons (Fsp3) is 0.588. The Bertz CT molecular complexity index is 461. The lowest BCUT2D eigenvalue weighted by Gasteiger charge is -2.37. The van der Waals surface area contributed by atoms with Gasteiger partial charge in [-0.3, -0.25) is 0 Å². The molecule has 1 heterocycles. The average Bonchev–Trinajstić information content (AvgIpc) is 2.48. The predicted octanol–water partition coefficient (Wildman–Crippen LogP) is 3.07. The van der Waals surface area contributed by atoms with Crippen molar-refractivity contribution in [2.24, 2.45) is 5.41 Å². The highest BCUT2D eigenvalue weighted by molar-refractivity contribution is 5.87. The van der Waals surface area contributed by atoms with E-state index in [1.165, 1.54) is 12.8 Å². The average molecular weight is 291 g/mol. The number of carboxylic acid groups (broad SMARTS) is 1. The molecule has 2 N–H and O–H groups in total. The maximum atomic E-state index is 10.8. The molecule has 1 fully saturated rings. The summed E-state index contributed by atoms with van der Waals surface area (Å²) < 4.78 is 5.88. The Morgan fingerprint density at radius 1 is 1.33 bits per heavy atom. The van der Waals surface area contributed by atoms with Crippen LogP contribution < -0.4 is 5.32 Å². The predicted molar refractivity (Wildman–Crippen MR) is 82.5 cm³/mol. The standard InChI is InChI=1S/C17H25NO3/c1-17(2,15-5-3-4-10-21-15)12-18-11-13-6-8-14(9-7-13)16(19)20/h6-9,15,18H,3-5,10-12H2,1-2H3,(H,19,20). The summed E-state index contributed by atoms with van der Waals surface area (Å²) >= 11 is 0. The second-order valence-electron chi connectivity index (χ2n) is 6.45. The summed E-state index contributed by atoms with van der Waals surface area (Å²) in [4.78, 5) is 10.8. The van der Waals surface area contributed by atoms with Crippen LogP contribution in [0.3, 0.4) is 0 Å². The van der Waals surface area contributed by atoms with Gasteiger partial charge < -0.3 is 15.2 Å². The summed E-state index contributed by atoms with van der Waals surface area (Å²) in [7, 11) is 0. The third-order valence-electron chi connectivity index (χ3n) is 4.16. The minimum Gasteiger partial charge on any atom is -0.478 e. The fourth-order valence-electron chi connectivity index (χ4n) is 2.77. The quantitative estimate of drug-likeness (QED) is 0.845. The van der Waals surface area contributed by atoms with Crippen LogP contribution in [-0.4, -0.2) is 30.3 Å². The highest BCUT2D eigenvalue weighted by Crippen LogP contribution is 2.29. The molecule has 0 radical (unpaired) electrons. The Morgan fingerprint density at radius 3 is 2.62 bits per heavy atom. The summed E-state index contributed by atoms with van der Waals surface area (Å²) in [5.41, 5.74) is 1.54. The minimum atomic E-state index is -0.884. The maximum absolute atomic E-state index is 10.8. The third-order valence-corrected chi connectivity index (χ3v) is 4.16. The molecule has 1 saturated heterocycles. The molecule has 0 saturated carbocycles. The smallest absolute Gasteiger partial charge is 0.335 e. The van der Waals surface area contributed by atoms with E-state index < -0.39 is 5.97 Å². The summed E-state index contributed by atoms with van der Waals surface area (Å²) in [5.74, 6) is -0.884. The number of carboxylic acids is 1. The van der Waals surface area contributed by atoms with Crippen LogP contribution in [0.25, 0.3) is 0 Å². The van der Waals surface area contributed by atoms with Crippen molar-refractivity contribution in [2.45, 2.75) is 45.8 Å². The van der Waals surface area contributed by atoms with Crippen LogP contribution in [-0.2, 0) is 11.3 Å². The molecule has 0 aromatic heterocycles. The van der Waals surface area contributed by atoms with E-state index in [4.69, 9.17) is 9.84 Å². The van der Waals surface area contributed by atoms with Gasteiger partial charge in [0.1, 0.15) is 0 Å². The molecular weight excluding hydrogens is 266 g/mol. The molecule has 1 aromatic carbocycles. The van der Waals surface area contributed by atoms with Gasteiger partial charge >= 0.3 is 5.97 Å². The Hall–Kier alpha value is -1.39. The van der Waals surface area contributed by atoms with Crippen LogP contribution in [0.2, 0.25) is 0 Å². The lowest BCUT2D eigenvalue weighted by molar-refractivity contribution is -0.0538. The van der Waals surface area contributed by atoms with Crippen LogP contribution in [0.15, 0.2) is 24.3 Å². The molecule has 4 nitrogen and oxygen atoms in total. The summed E-state index contributed by atoms with van der Waals surface area (Å²) in [5, 5.41) is 12.3. The molecule has 21 heavy (non-hydrogen) atoms. The molecule has 0 bridgehead atoms. The zero-order valence-corrected chi connectivity index (χ0v) is 12.9. The first-order valence-corrected chi connectivity index (χ1v) is 7.63. The number of ether oxygens (including phenoxy) is 1. The number of hydrogen-bond acceptors (Lipinski definition) is 3. The van der Waals surface area contributed by atoms with Gasteiger partial charge in [0.05, 0.1) is 11.7 Å². The van der Waals surface area contributed by atoms with Crippen molar-refractivity contribution < 1.29 is 14.6 Å². The van der Waals surface area contributed by atoms with Crippen LogP contribution in [0.4, 0.5) is 0 Å². The van der Waals surface area contributed by atoms with Gasteiger partial charge in [0.25, 0.3) is 0 Å². The van der Waals surface area contributed by atoms with E-state index in [9.17, 15) is 4.79 Å². The summed E-state index contributed by atoms with van der Waals surface area (Å²) in [6.45, 7) is 6.99. The van der Waals surface area contributed by atoms with E-state index in [1.807, 2.05) is 12.1 Å². The number of hydrogen-bond donors (Lipinski definition) is 2. The van der Waals surface area contributed by atoms with E-state index >= 15 is 0 Å². The maximum Gasteiger partial charge on any atom is 0.335 e. The van der Waals surface area contributed by atoms with E-state index in [2.05, 4.69) is 19.2 Å². The SMILES string of the molecule is CC(C)(CNCc1ccc(C(=O)O)cc1)C1CCCCO1. The molecule has 0 spiro atoms. The minimum absolute atomic E-state index is 0.113. The molecule has 0 aliphatic carbocycles. The Kier molecular flexibility index (Phi) is 5.37. The molecule has 1 aromatic rings. The molecule has 0 amide bonds. The molecule has 1 atom stereocenters. The van der Waals surface area contributed by atoms with Crippen molar-refractivity contribution in [3.8, 4) is 0 Å². The second-order valence-corrected chi connectivity index (χ2v) is 6.45. The van der Waals surface area contributed by atoms with E-state index in [1.54, 1.807) is 12.1 Å². The largest absolute Gasteiger partial charge is 0.478 e. The van der Waals surface area contributed by atoms with Crippen molar-refractivity contribution in [1.82, 2.24) is 5.32 Å². The van der Waals surface area contributed by atoms with Gasteiger partial charge in [0, 0.05) is 25.1 Å². The van der Waals surface area contributed by atoms with Crippen LogP contribution >= 0.6 is 0 Å². The molecular formula is C17H25NO3. The third kappa shape index (κ3) is 4.55. The molecule has 1 aliphatic rings. The number of rotatable bonds is 6. The lowest BCUT2D eigenvalue weighted by Crippen LogP contribution is -2.42. The molecule has 1 aliphatic heterocycles. The van der Waals surface area contributed by atoms with Crippen LogP contribution in [0.1, 0.15) is 49.0 Å². The van der Waals surface area contributed by atoms with E-state index in [-0.39, 0.29) is 5.41 Å². The first kappa shape index (κ1) is 16.0. The number of nitrogens with one attached hydrogen (secondary N) is 1. The topological polar surface area (TPSA) is 58.6 Å². The van der Waals surface area contributed by atoms with E-state index in [0.717, 1.165) is 31.7 Å². The Labute approximate surface area is 126 Å². The van der Waals surface area contributed by atoms with Gasteiger partial charge in [-0.15, -0.1) is 0 Å². The molecule has 4 heteroatoms. The lowest BCUT2D eigenvalue weighted by atomic mass is 9.82. The normalized spacial score (nSPS) is 19.4. The summed E-state index contributed by atoms with van der Waals surface area (Å²) in [6.07, 6.45) is 3.90. The number of benzene rings is 1. The van der Waals surface area contributed by atoms with Crippen molar-refractivity contribution in [3.63, 3.8) is 0 Å². The summed E-state index contributed by atoms with van der Waals surface area (Å²) in [6, 6.07) is 7.02. The van der Waals surface area contributed by atoms with Gasteiger partial charge in [0.15, 0.2) is 0 Å². The van der Waals surface area contributed by atoms with Gasteiger partial charge in [-0.05, 0) is 37.0 Å². The van der Waals surface area contributed by atoms with Crippen LogP contribution in [0, 0.1) is 5.41 Å². The Balaban J connectivity index is 1.81. The van der Waals surface area contributed by atoms with Gasteiger partial charge in [0.2, 0.25) is 0 Å². The first-order chi connectivity index (χ1) is 9.99. The zero-order valence-electron chi connectivity index (χ0n) is 12.9. The van der Waals surface area contributed by atoms with Crippen molar-refractivity contribution in [1.29, 1.82) is 0 Å². The molecule has 1 unspecified atom stereocenters. The zero-order chi connectivity index (χ0) is 15.3. The first-order valence-electron chi connectivity index (χ1n) is 7.63. The van der Waals surface area contributed by atoms with Gasteiger partial charge in [-0.2, -0.15) is 0 Å². The molecule has 116 valence electrons. The highest BCUT2D eigenvalue weighted by Gasteiger charge is 2.31. The number of aromatic carboxylic acids is 1. The van der Waals surface area contributed by atoms with Gasteiger partial charge in [-0.25, -0.2) is 4.79 Å². The monoisotopic (exact) mass is 291 g/mol. The van der Waals surface area contributed by atoms with Crippen molar-refractivity contribution in [2.75, 3.05) is 13.2 Å². The van der Waals surface area contributed by atoms with Crippen molar-refractivity contribution >= 4 is 5.97 Å². The van der Waals surface area contributed by atoms with Gasteiger partial charge in [-0.1, -0.05) is 26.0 Å². The number of carbonyl (C=O) groups is 1. The Morgan fingerprint density at radius 2 is 2.05 bits per heavy atom.